The zero-order valence-corrected chi connectivity index (χ0v) is 18.6. The molecule has 1 aromatic heterocycles. The molecule has 0 saturated carbocycles. The Balaban J connectivity index is 1.64. The second kappa shape index (κ2) is 10.6. The van der Waals surface area contributed by atoms with Crippen molar-refractivity contribution in [2.75, 3.05) is 20.2 Å². The summed E-state index contributed by atoms with van der Waals surface area (Å²) >= 11 is 1.40. The normalized spacial score (nSPS) is 15.5. The van der Waals surface area contributed by atoms with E-state index in [-0.39, 0.29) is 5.97 Å². The number of methoxy groups -OCH3 is 1. The number of likely N-dealkylation sites (tertiary alicyclic amines) is 1. The molecule has 0 aliphatic carbocycles. The van der Waals surface area contributed by atoms with E-state index in [0.29, 0.717) is 6.54 Å². The number of carbonyl (C=O) groups excluding carboxylic acids is 1. The van der Waals surface area contributed by atoms with Crippen molar-refractivity contribution in [2.45, 2.75) is 42.8 Å². The van der Waals surface area contributed by atoms with E-state index in [1.54, 1.807) is 0 Å². The molecule has 0 spiro atoms. The standard InChI is InChI=1S/C24H28N4O2S/c1-30-23(29)22(20-13-7-3-8-14-20)31-24-26-25-21(18-27-15-9-4-10-16-27)28(24)17-19-11-5-2-6-12-19/h2-3,5-8,11-14,22H,4,9-10,15-18H2,1H3. The average Bonchev–Trinajstić information content (AvgIpc) is 3.19. The first kappa shape index (κ1) is 21.6. The zero-order valence-electron chi connectivity index (χ0n) is 17.8. The number of hydrogen-bond donors (Lipinski definition) is 0. The molecule has 31 heavy (non-hydrogen) atoms. The van der Waals surface area contributed by atoms with Crippen LogP contribution in [0.15, 0.2) is 65.8 Å². The minimum Gasteiger partial charge on any atom is -0.468 e. The fourth-order valence-corrected chi connectivity index (χ4v) is 4.94. The Kier molecular flexibility index (Phi) is 7.38. The van der Waals surface area contributed by atoms with Crippen LogP contribution in [0.25, 0.3) is 0 Å². The van der Waals surface area contributed by atoms with Crippen molar-refractivity contribution in [1.29, 1.82) is 0 Å². The highest BCUT2D eigenvalue weighted by atomic mass is 32.2. The molecule has 2 heterocycles. The Morgan fingerprint density at radius 1 is 0.968 bits per heavy atom. The molecule has 6 nitrogen and oxygen atoms in total. The minimum atomic E-state index is -0.493. The largest absolute Gasteiger partial charge is 0.468 e. The van der Waals surface area contributed by atoms with E-state index in [1.807, 2.05) is 48.5 Å². The van der Waals surface area contributed by atoms with Gasteiger partial charge in [-0.15, -0.1) is 10.2 Å². The first-order valence-corrected chi connectivity index (χ1v) is 11.6. The summed E-state index contributed by atoms with van der Waals surface area (Å²) in [4.78, 5) is 15.0. The van der Waals surface area contributed by atoms with Crippen LogP contribution in [0, 0.1) is 0 Å². The summed E-state index contributed by atoms with van der Waals surface area (Å²) in [5, 5.41) is 9.28. The fourth-order valence-electron chi connectivity index (χ4n) is 3.86. The molecule has 162 valence electrons. The monoisotopic (exact) mass is 436 g/mol. The van der Waals surface area contributed by atoms with Gasteiger partial charge >= 0.3 is 5.97 Å². The highest BCUT2D eigenvalue weighted by Gasteiger charge is 2.27. The summed E-state index contributed by atoms with van der Waals surface area (Å²) < 4.78 is 7.25. The lowest BCUT2D eigenvalue weighted by atomic mass is 10.1. The van der Waals surface area contributed by atoms with Gasteiger partial charge in [-0.3, -0.25) is 9.69 Å². The van der Waals surface area contributed by atoms with Gasteiger partial charge in [-0.25, -0.2) is 0 Å². The van der Waals surface area contributed by atoms with Crippen LogP contribution in [-0.2, 0) is 22.6 Å². The van der Waals surface area contributed by atoms with E-state index in [9.17, 15) is 4.79 Å². The van der Waals surface area contributed by atoms with Crippen LogP contribution in [0.2, 0.25) is 0 Å². The molecule has 1 fully saturated rings. The average molecular weight is 437 g/mol. The lowest BCUT2D eigenvalue weighted by Gasteiger charge is -2.26. The quantitative estimate of drug-likeness (QED) is 0.387. The number of nitrogens with zero attached hydrogens (tertiary/aromatic N) is 4. The minimum absolute atomic E-state index is 0.289. The van der Waals surface area contributed by atoms with Crippen molar-refractivity contribution in [3.8, 4) is 0 Å². The van der Waals surface area contributed by atoms with Gasteiger partial charge in [-0.05, 0) is 37.1 Å². The number of esters is 1. The summed E-state index contributed by atoms with van der Waals surface area (Å²) in [5.74, 6) is 0.646. The summed E-state index contributed by atoms with van der Waals surface area (Å²) in [7, 11) is 1.43. The van der Waals surface area contributed by atoms with Gasteiger partial charge in [-0.1, -0.05) is 78.8 Å². The molecular formula is C24H28N4O2S. The van der Waals surface area contributed by atoms with Crippen molar-refractivity contribution in [3.05, 3.63) is 77.6 Å². The number of carbonyl (C=O) groups is 1. The Labute approximate surface area is 187 Å². The predicted molar refractivity (Wildman–Crippen MR) is 122 cm³/mol. The van der Waals surface area contributed by atoms with Gasteiger partial charge in [0.1, 0.15) is 11.1 Å². The third-order valence-electron chi connectivity index (χ3n) is 5.53. The van der Waals surface area contributed by atoms with E-state index in [0.717, 1.165) is 36.2 Å². The number of aromatic nitrogens is 3. The molecule has 1 aliphatic heterocycles. The maximum absolute atomic E-state index is 12.6. The molecule has 0 radical (unpaired) electrons. The molecule has 2 aromatic carbocycles. The summed E-state index contributed by atoms with van der Waals surface area (Å²) in [6, 6.07) is 20.0. The van der Waals surface area contributed by atoms with Crippen LogP contribution >= 0.6 is 11.8 Å². The van der Waals surface area contributed by atoms with Gasteiger partial charge in [0.15, 0.2) is 5.16 Å². The molecular weight excluding hydrogens is 408 g/mol. The summed E-state index contributed by atoms with van der Waals surface area (Å²) in [5.41, 5.74) is 2.07. The number of rotatable bonds is 8. The van der Waals surface area contributed by atoms with Crippen LogP contribution in [-0.4, -0.2) is 45.8 Å². The third kappa shape index (κ3) is 5.54. The smallest absolute Gasteiger partial charge is 0.323 e. The van der Waals surface area contributed by atoms with Crippen molar-refractivity contribution in [2.24, 2.45) is 0 Å². The highest BCUT2D eigenvalue weighted by Crippen LogP contribution is 2.36. The van der Waals surface area contributed by atoms with E-state index in [2.05, 4.69) is 31.8 Å². The fraction of sp³-hybridized carbons (Fsp3) is 0.375. The molecule has 0 bridgehead atoms. The van der Waals surface area contributed by atoms with Gasteiger partial charge in [0.05, 0.1) is 20.2 Å². The predicted octanol–water partition coefficient (Wildman–Crippen LogP) is 4.32. The molecule has 0 amide bonds. The number of piperidine rings is 1. The van der Waals surface area contributed by atoms with E-state index in [4.69, 9.17) is 4.74 Å². The highest BCUT2D eigenvalue weighted by molar-refractivity contribution is 8.00. The number of thioether (sulfide) groups is 1. The molecule has 1 unspecified atom stereocenters. The van der Waals surface area contributed by atoms with Crippen LogP contribution < -0.4 is 0 Å². The number of hydrogen-bond acceptors (Lipinski definition) is 6. The van der Waals surface area contributed by atoms with Gasteiger partial charge in [0.2, 0.25) is 0 Å². The SMILES string of the molecule is COC(=O)C(Sc1nnc(CN2CCCCC2)n1Cc1ccccc1)c1ccccc1. The topological polar surface area (TPSA) is 60.2 Å². The zero-order chi connectivity index (χ0) is 21.5. The maximum atomic E-state index is 12.6. The van der Waals surface area contributed by atoms with Crippen molar-refractivity contribution >= 4 is 17.7 Å². The Hall–Kier alpha value is -2.64. The Morgan fingerprint density at radius 2 is 1.65 bits per heavy atom. The first-order valence-electron chi connectivity index (χ1n) is 10.7. The van der Waals surface area contributed by atoms with Gasteiger partial charge in [0, 0.05) is 0 Å². The molecule has 4 rings (SSSR count). The first-order chi connectivity index (χ1) is 15.2. The molecule has 1 saturated heterocycles. The summed E-state index contributed by atoms with van der Waals surface area (Å²) in [6.45, 7) is 3.63. The van der Waals surface area contributed by atoms with E-state index >= 15 is 0 Å². The van der Waals surface area contributed by atoms with Crippen molar-refractivity contribution < 1.29 is 9.53 Å². The van der Waals surface area contributed by atoms with E-state index in [1.165, 1.54) is 43.7 Å². The second-order valence-corrected chi connectivity index (χ2v) is 8.81. The van der Waals surface area contributed by atoms with Crippen molar-refractivity contribution in [3.63, 3.8) is 0 Å². The lowest BCUT2D eigenvalue weighted by Crippen LogP contribution is -2.30. The Morgan fingerprint density at radius 3 is 2.32 bits per heavy atom. The van der Waals surface area contributed by atoms with Crippen LogP contribution in [0.5, 0.6) is 0 Å². The molecule has 3 aromatic rings. The van der Waals surface area contributed by atoms with E-state index < -0.39 is 5.25 Å². The summed E-state index contributed by atoms with van der Waals surface area (Å²) in [6.07, 6.45) is 3.76. The number of benzene rings is 2. The third-order valence-corrected chi connectivity index (χ3v) is 6.74. The molecule has 0 N–H and O–H groups in total. The van der Waals surface area contributed by atoms with Gasteiger partial charge in [-0.2, -0.15) is 0 Å². The van der Waals surface area contributed by atoms with Crippen LogP contribution in [0.1, 0.15) is 41.5 Å². The van der Waals surface area contributed by atoms with Crippen LogP contribution in [0.4, 0.5) is 0 Å². The number of ether oxygens (including phenoxy) is 1. The molecule has 7 heteroatoms. The molecule has 1 atom stereocenters. The van der Waals surface area contributed by atoms with Crippen molar-refractivity contribution in [1.82, 2.24) is 19.7 Å². The lowest BCUT2D eigenvalue weighted by molar-refractivity contribution is -0.140. The van der Waals surface area contributed by atoms with Crippen LogP contribution in [0.3, 0.4) is 0 Å². The van der Waals surface area contributed by atoms with Gasteiger partial charge in [0.25, 0.3) is 0 Å². The second-order valence-electron chi connectivity index (χ2n) is 7.74. The Bertz CT molecular complexity index is 972. The molecule has 1 aliphatic rings. The van der Waals surface area contributed by atoms with Gasteiger partial charge < -0.3 is 9.30 Å². The maximum Gasteiger partial charge on any atom is 0.323 e.